The molecule has 2 atom stereocenters. The van der Waals surface area contributed by atoms with Gasteiger partial charge in [0.25, 0.3) is 0 Å². The summed E-state index contributed by atoms with van der Waals surface area (Å²) in [4.78, 5) is 8.81. The molecule has 0 aromatic rings. The van der Waals surface area contributed by atoms with Crippen LogP contribution in [0.2, 0.25) is 0 Å². The lowest BCUT2D eigenvalue weighted by atomic mass is 10.7. The second kappa shape index (κ2) is 78.4. The van der Waals surface area contributed by atoms with E-state index in [0.29, 0.717) is 52.9 Å². The number of hydrogen-bond donors (Lipinski definition) is 6. The Kier molecular flexibility index (Phi) is 94.3. The maximum atomic E-state index is 8.81. The van der Waals surface area contributed by atoms with E-state index in [1.54, 1.807) is 13.8 Å². The third kappa shape index (κ3) is 99.3. The normalized spacial score (nSPS) is 10.4. The van der Waals surface area contributed by atoms with Crippen molar-refractivity contribution in [2.45, 2.75) is 33.4 Å². The van der Waals surface area contributed by atoms with Crippen molar-refractivity contribution in [2.24, 2.45) is 0 Å². The van der Waals surface area contributed by atoms with E-state index in [9.17, 15) is 0 Å². The van der Waals surface area contributed by atoms with Gasteiger partial charge in [0.15, 0.2) is 26.2 Å². The minimum atomic E-state index is -0.399. The van der Waals surface area contributed by atoms with Crippen LogP contribution in [0, 0.1) is 0 Å². The van der Waals surface area contributed by atoms with Crippen molar-refractivity contribution in [1.29, 1.82) is 0 Å². The average Bonchev–Trinajstić information content (AvgIpc) is 3.22. The lowest BCUT2D eigenvalue weighted by Gasteiger charge is -2.16. The van der Waals surface area contributed by atoms with E-state index in [0.717, 1.165) is 6.29 Å². The Hall–Kier alpha value is -2.89. The van der Waals surface area contributed by atoms with Gasteiger partial charge in [0.2, 0.25) is 0 Å². The van der Waals surface area contributed by atoms with Crippen LogP contribution < -0.4 is 0 Å². The number of ether oxygens (including phenoxy) is 15. The van der Waals surface area contributed by atoms with Crippen LogP contribution in [0.5, 0.6) is 0 Å². The molecule has 0 rings (SSSR count). The molecule has 0 aromatic heterocycles. The Labute approximate surface area is 343 Å². The molecule has 0 aliphatic carbocycles. The van der Waals surface area contributed by atoms with Crippen LogP contribution in [-0.4, -0.2) is 190 Å². The van der Waals surface area contributed by atoms with Crippen molar-refractivity contribution in [3.05, 3.63) is 51.4 Å². The smallest absolute Gasteiger partial charge is 0.188 e. The van der Waals surface area contributed by atoms with Crippen molar-refractivity contribution in [3.8, 4) is 0 Å². The molecule has 0 saturated heterocycles. The second-order valence-electron chi connectivity index (χ2n) is 8.57. The molecule has 9 N–H and O–H groups in total. The van der Waals surface area contributed by atoms with Gasteiger partial charge in [-0.25, -0.2) is 0 Å². The van der Waals surface area contributed by atoms with Gasteiger partial charge in [-0.15, -0.1) is 0 Å². The molecule has 58 heavy (non-hydrogen) atoms. The number of carbonyl (C=O) groups excluding carboxylic acids is 1. The molecule has 0 spiro atoms. The first-order valence-corrected chi connectivity index (χ1v) is 17.2. The zero-order chi connectivity index (χ0) is 44.1. The summed E-state index contributed by atoms with van der Waals surface area (Å²) in [5, 5.41) is 47.5. The van der Waals surface area contributed by atoms with E-state index < -0.39 is 12.6 Å². The fraction of sp³-hybridized carbons (Fsp3) is 0.743. The Morgan fingerprint density at radius 2 is 0.690 bits per heavy atom. The molecule has 0 fully saturated rings. The molecular weight excluding hydrogens is 788 g/mol. The molecule has 0 saturated carbocycles. The van der Waals surface area contributed by atoms with Crippen LogP contribution in [0.25, 0.3) is 0 Å². The Morgan fingerprint density at radius 3 is 0.931 bits per heavy atom. The van der Waals surface area contributed by atoms with Crippen molar-refractivity contribution >= 4 is 6.29 Å². The fourth-order valence-corrected chi connectivity index (χ4v) is 2.13. The number of aldehydes is 1. The van der Waals surface area contributed by atoms with Crippen LogP contribution in [-0.2, 0) is 81.3 Å². The largest absolute Gasteiger partial charge is 0.499 e. The molecule has 23 nitrogen and oxygen atoms in total. The molecular formula is C35H75O23+. The maximum absolute atomic E-state index is 8.81. The highest BCUT2D eigenvalue weighted by molar-refractivity contribution is 5.44. The van der Waals surface area contributed by atoms with Gasteiger partial charge in [-0.2, -0.15) is 0 Å². The number of carbonyl (C=O) groups is 1. The van der Waals surface area contributed by atoms with Gasteiger partial charge >= 0.3 is 0 Å². The van der Waals surface area contributed by atoms with Gasteiger partial charge in [-0.05, 0) is 20.8 Å². The molecule has 0 aliphatic heterocycles. The quantitative estimate of drug-likeness (QED) is 0.0149. The van der Waals surface area contributed by atoms with Gasteiger partial charge in [-0.1, -0.05) is 26.3 Å². The van der Waals surface area contributed by atoms with E-state index in [4.69, 9.17) is 87.5 Å². The minimum absolute atomic E-state index is 0. The van der Waals surface area contributed by atoms with E-state index in [-0.39, 0.29) is 92.7 Å². The van der Waals surface area contributed by atoms with Gasteiger partial charge < -0.3 is 112 Å². The van der Waals surface area contributed by atoms with Crippen molar-refractivity contribution in [1.82, 2.24) is 0 Å². The summed E-state index contributed by atoms with van der Waals surface area (Å²) >= 11 is 0. The van der Waals surface area contributed by atoms with Crippen LogP contribution in [0.15, 0.2) is 51.4 Å². The van der Waals surface area contributed by atoms with E-state index in [1.165, 1.54) is 32.0 Å². The summed E-state index contributed by atoms with van der Waals surface area (Å²) in [6, 6.07) is 0. The third-order valence-electron chi connectivity index (χ3n) is 4.38. The number of aliphatic hydroxyl groups excluding tert-OH is 6. The van der Waals surface area contributed by atoms with Crippen LogP contribution in [0.3, 0.4) is 0 Å². The number of rotatable bonds is 37. The molecule has 0 aliphatic rings. The topological polar surface area (TPSA) is 310 Å². The van der Waals surface area contributed by atoms with Gasteiger partial charge in [0, 0.05) is 0 Å². The van der Waals surface area contributed by atoms with E-state index in [1.807, 2.05) is 0 Å². The number of aliphatic hydroxyl groups is 6. The Balaban J connectivity index is -0.000000132. The summed E-state index contributed by atoms with van der Waals surface area (Å²) < 4.78 is 73.8. The van der Waals surface area contributed by atoms with E-state index >= 15 is 0 Å². The predicted molar refractivity (Wildman–Crippen MR) is 208 cm³/mol. The monoisotopic (exact) mass is 863 g/mol. The highest BCUT2D eigenvalue weighted by Gasteiger charge is 2.04. The van der Waals surface area contributed by atoms with Crippen molar-refractivity contribution in [3.63, 3.8) is 0 Å². The van der Waals surface area contributed by atoms with Crippen LogP contribution >= 0.6 is 0 Å². The molecule has 0 amide bonds. The molecule has 0 aromatic carbocycles. The fourth-order valence-electron chi connectivity index (χ4n) is 2.13. The molecule has 0 bridgehead atoms. The van der Waals surface area contributed by atoms with E-state index in [2.05, 4.69) is 45.3 Å². The first-order chi connectivity index (χ1) is 27.8. The predicted octanol–water partition coefficient (Wildman–Crippen LogP) is -0.613. The second-order valence-corrected chi connectivity index (χ2v) is 8.57. The summed E-state index contributed by atoms with van der Waals surface area (Å²) in [7, 11) is 0. The first-order valence-electron chi connectivity index (χ1n) is 17.2. The SMILES string of the molecule is C=COCCOCOC(C)OCCOCOC(C)OCCOCOC=C.C=COCCOCOC=C.CC=O.OCCOCO.OCCOCO.OCCOCO.[OH3+]. The molecule has 0 heterocycles. The van der Waals surface area contributed by atoms with Gasteiger partial charge in [0.05, 0.1) is 104 Å². The Morgan fingerprint density at radius 1 is 0.414 bits per heavy atom. The highest BCUT2D eigenvalue weighted by atomic mass is 16.8. The zero-order valence-corrected chi connectivity index (χ0v) is 34.5. The van der Waals surface area contributed by atoms with Crippen LogP contribution in [0.4, 0.5) is 0 Å². The molecule has 2 unspecified atom stereocenters. The Bertz CT molecular complexity index is 638. The lowest BCUT2D eigenvalue weighted by molar-refractivity contribution is -0.211. The van der Waals surface area contributed by atoms with Crippen LogP contribution in [0.1, 0.15) is 20.8 Å². The molecule has 23 heteroatoms. The van der Waals surface area contributed by atoms with Gasteiger partial charge in [0.1, 0.15) is 53.5 Å². The molecule has 0 radical (unpaired) electrons. The average molecular weight is 864 g/mol. The summed E-state index contributed by atoms with van der Waals surface area (Å²) in [5.41, 5.74) is 0. The maximum Gasteiger partial charge on any atom is 0.188 e. The summed E-state index contributed by atoms with van der Waals surface area (Å²) in [6.07, 6.45) is 5.33. The lowest BCUT2D eigenvalue weighted by Crippen LogP contribution is -2.21. The summed E-state index contributed by atoms with van der Waals surface area (Å²) in [5.74, 6) is 0. The standard InChI is InChI=1S/C17H32O9.C7H12O3.3C3H8O3.C2H4O.H2O/c1-5-18-7-8-21-14-25-17(4)24-12-10-22-15-26-16(3)23-11-9-20-13-19-6-2;1-3-8-5-6-10-7-9-4-2;3*4-1-2-6-3-5;1-2-3;/h5-6,16-17H,1-2,7-15H2,3-4H3;3-4H,1-2,5-7H2;3*4-5H,1-3H2;2H,1H3;1H2/p+1. The third-order valence-corrected chi connectivity index (χ3v) is 4.38. The minimum Gasteiger partial charge on any atom is -0.499 e. The van der Waals surface area contributed by atoms with Gasteiger partial charge in [-0.3, -0.25) is 0 Å². The highest BCUT2D eigenvalue weighted by Crippen LogP contribution is 1.97. The summed E-state index contributed by atoms with van der Waals surface area (Å²) in [6.45, 7) is 22.2. The number of hydrogen-bond acceptors (Lipinski definition) is 22. The molecule has 352 valence electrons. The van der Waals surface area contributed by atoms with Crippen molar-refractivity contribution in [2.75, 3.05) is 140 Å². The zero-order valence-electron chi connectivity index (χ0n) is 34.5. The van der Waals surface area contributed by atoms with Crippen molar-refractivity contribution < 1.29 is 112 Å². The first kappa shape index (κ1) is 69.7.